The van der Waals surface area contributed by atoms with Crippen molar-refractivity contribution in [3.63, 3.8) is 0 Å². The molecule has 0 bridgehead atoms. The molecule has 7 heteroatoms. The van der Waals surface area contributed by atoms with Gasteiger partial charge in [-0.25, -0.2) is 0 Å². The lowest BCUT2D eigenvalue weighted by molar-refractivity contribution is 0.189. The number of unbranched alkanes of at least 4 members (excludes halogenated alkanes) is 2. The first-order chi connectivity index (χ1) is 8.69. The normalized spacial score (nSPS) is 10.3. The van der Waals surface area contributed by atoms with Crippen molar-refractivity contribution >= 4 is 17.5 Å². The maximum absolute atomic E-state index is 5.84. The van der Waals surface area contributed by atoms with E-state index in [4.69, 9.17) is 20.9 Å². The van der Waals surface area contributed by atoms with Crippen molar-refractivity contribution in [3.05, 3.63) is 0 Å². The van der Waals surface area contributed by atoms with Crippen molar-refractivity contribution in [2.75, 3.05) is 44.2 Å². The molecule has 0 radical (unpaired) electrons. The number of ether oxygens (including phenoxy) is 2. The highest BCUT2D eigenvalue weighted by molar-refractivity contribution is 5.68. The summed E-state index contributed by atoms with van der Waals surface area (Å²) < 4.78 is 10.5. The molecule has 1 heterocycles. The average molecular weight is 255 g/mol. The lowest BCUT2D eigenvalue weighted by Crippen LogP contribution is -2.09. The molecule has 0 saturated carbocycles. The zero-order chi connectivity index (χ0) is 13.4. The molecule has 7 nitrogen and oxygen atoms in total. The second-order valence-corrected chi connectivity index (χ2v) is 3.80. The number of nitrogens with two attached hydrogens (primary N) is 2. The Kier molecular flexibility index (Phi) is 5.99. The van der Waals surface area contributed by atoms with E-state index in [0.717, 1.165) is 25.9 Å². The number of nitrogens with one attached hydrogen (secondary N) is 1. The van der Waals surface area contributed by atoms with E-state index in [2.05, 4.69) is 15.3 Å². The third-order valence-corrected chi connectivity index (χ3v) is 2.40. The van der Waals surface area contributed by atoms with Gasteiger partial charge in [0.05, 0.1) is 6.61 Å². The lowest BCUT2D eigenvalue weighted by Gasteiger charge is -2.11. The van der Waals surface area contributed by atoms with Crippen LogP contribution in [0.5, 0.6) is 5.88 Å². The first-order valence-corrected chi connectivity index (χ1v) is 5.91. The van der Waals surface area contributed by atoms with Crippen molar-refractivity contribution < 1.29 is 9.47 Å². The Morgan fingerprint density at radius 2 is 1.83 bits per heavy atom. The summed E-state index contributed by atoms with van der Waals surface area (Å²) in [4.78, 5) is 7.92. The number of rotatable bonds is 8. The third kappa shape index (κ3) is 4.25. The van der Waals surface area contributed by atoms with Crippen LogP contribution in [0, 0.1) is 0 Å². The van der Waals surface area contributed by atoms with Crippen LogP contribution in [0.25, 0.3) is 0 Å². The molecule has 0 saturated heterocycles. The van der Waals surface area contributed by atoms with Crippen LogP contribution in [0.4, 0.5) is 17.5 Å². The molecule has 0 aliphatic heterocycles. The van der Waals surface area contributed by atoms with E-state index in [1.54, 1.807) is 14.2 Å². The zero-order valence-corrected chi connectivity index (χ0v) is 10.9. The molecular formula is C11H21N5O2. The van der Waals surface area contributed by atoms with Crippen LogP contribution in [0.3, 0.4) is 0 Å². The van der Waals surface area contributed by atoms with Crippen LogP contribution < -0.4 is 21.5 Å². The van der Waals surface area contributed by atoms with Gasteiger partial charge in [-0.2, -0.15) is 9.97 Å². The number of nitrogen functional groups attached to an aromatic ring is 2. The highest BCUT2D eigenvalue weighted by Crippen LogP contribution is 2.26. The molecule has 102 valence electrons. The van der Waals surface area contributed by atoms with E-state index in [9.17, 15) is 0 Å². The Labute approximate surface area is 107 Å². The molecule has 0 unspecified atom stereocenters. The molecule has 5 N–H and O–H groups in total. The highest BCUT2D eigenvalue weighted by Gasteiger charge is 2.10. The summed E-state index contributed by atoms with van der Waals surface area (Å²) in [5, 5.41) is 2.84. The van der Waals surface area contributed by atoms with Gasteiger partial charge in [0, 0.05) is 20.8 Å². The minimum atomic E-state index is 0.142. The van der Waals surface area contributed by atoms with E-state index in [1.807, 2.05) is 0 Å². The van der Waals surface area contributed by atoms with Gasteiger partial charge in [-0.15, -0.1) is 0 Å². The van der Waals surface area contributed by atoms with Crippen molar-refractivity contribution in [2.24, 2.45) is 0 Å². The molecule has 1 aromatic heterocycles. The van der Waals surface area contributed by atoms with Crippen LogP contribution in [0.15, 0.2) is 0 Å². The Hall–Kier alpha value is -1.76. The standard InChI is InChI=1S/C11H21N5O2/c1-14-9-8(12)10(16-11(13)15-9)18-7-5-3-4-6-17-2/h3-7,12H2,1-2H3,(H3,13,14,15,16). The Balaban J connectivity index is 2.44. The molecule has 18 heavy (non-hydrogen) atoms. The van der Waals surface area contributed by atoms with Crippen LogP contribution in [0.2, 0.25) is 0 Å². The number of hydrogen-bond donors (Lipinski definition) is 3. The lowest BCUT2D eigenvalue weighted by atomic mass is 10.2. The number of anilines is 3. The molecule has 0 atom stereocenters. The summed E-state index contributed by atoms with van der Waals surface area (Å²) in [6.45, 7) is 1.32. The SMILES string of the molecule is CNc1nc(N)nc(OCCCCCOC)c1N. The van der Waals surface area contributed by atoms with Crippen LogP contribution in [-0.4, -0.2) is 37.3 Å². The van der Waals surface area contributed by atoms with E-state index in [0.29, 0.717) is 24.0 Å². The molecule has 1 rings (SSSR count). The third-order valence-electron chi connectivity index (χ3n) is 2.40. The van der Waals surface area contributed by atoms with Gasteiger partial charge >= 0.3 is 0 Å². The molecule has 0 fully saturated rings. The van der Waals surface area contributed by atoms with Gasteiger partial charge in [0.1, 0.15) is 5.69 Å². The fourth-order valence-corrected chi connectivity index (χ4v) is 1.46. The minimum Gasteiger partial charge on any atom is -0.476 e. The largest absolute Gasteiger partial charge is 0.476 e. The fraction of sp³-hybridized carbons (Fsp3) is 0.636. The average Bonchev–Trinajstić information content (AvgIpc) is 2.37. The smallest absolute Gasteiger partial charge is 0.244 e. The highest BCUT2D eigenvalue weighted by atomic mass is 16.5. The van der Waals surface area contributed by atoms with Crippen molar-refractivity contribution in [2.45, 2.75) is 19.3 Å². The quantitative estimate of drug-likeness (QED) is 0.591. The van der Waals surface area contributed by atoms with Gasteiger partial charge in [0.15, 0.2) is 5.82 Å². The molecule has 0 spiro atoms. The second kappa shape index (κ2) is 7.54. The van der Waals surface area contributed by atoms with E-state index in [-0.39, 0.29) is 5.95 Å². The van der Waals surface area contributed by atoms with Gasteiger partial charge < -0.3 is 26.3 Å². The molecule has 0 aliphatic rings. The Morgan fingerprint density at radius 3 is 2.50 bits per heavy atom. The first kappa shape index (κ1) is 14.3. The van der Waals surface area contributed by atoms with E-state index < -0.39 is 0 Å². The van der Waals surface area contributed by atoms with Gasteiger partial charge in [0.2, 0.25) is 11.8 Å². The molecule has 0 aromatic carbocycles. The molecular weight excluding hydrogens is 234 g/mol. The van der Waals surface area contributed by atoms with Gasteiger partial charge in [-0.1, -0.05) is 0 Å². The summed E-state index contributed by atoms with van der Waals surface area (Å²) >= 11 is 0. The summed E-state index contributed by atoms with van der Waals surface area (Å²) in [6, 6.07) is 0. The summed E-state index contributed by atoms with van der Waals surface area (Å²) in [7, 11) is 3.41. The first-order valence-electron chi connectivity index (χ1n) is 5.91. The summed E-state index contributed by atoms with van der Waals surface area (Å²) in [5.41, 5.74) is 11.8. The molecule has 0 amide bonds. The number of methoxy groups -OCH3 is 1. The maximum atomic E-state index is 5.84. The Bertz CT molecular complexity index is 373. The van der Waals surface area contributed by atoms with Crippen LogP contribution >= 0.6 is 0 Å². The topological polar surface area (TPSA) is 108 Å². The monoisotopic (exact) mass is 255 g/mol. The number of aromatic nitrogens is 2. The number of hydrogen-bond acceptors (Lipinski definition) is 7. The van der Waals surface area contributed by atoms with Crippen molar-refractivity contribution in [1.82, 2.24) is 9.97 Å². The van der Waals surface area contributed by atoms with Crippen LogP contribution in [-0.2, 0) is 4.74 Å². The fourth-order valence-electron chi connectivity index (χ4n) is 1.46. The Morgan fingerprint density at radius 1 is 1.11 bits per heavy atom. The van der Waals surface area contributed by atoms with Crippen LogP contribution in [0.1, 0.15) is 19.3 Å². The minimum absolute atomic E-state index is 0.142. The molecule has 1 aromatic rings. The second-order valence-electron chi connectivity index (χ2n) is 3.80. The van der Waals surface area contributed by atoms with E-state index >= 15 is 0 Å². The van der Waals surface area contributed by atoms with Crippen molar-refractivity contribution in [3.8, 4) is 5.88 Å². The number of nitrogens with zero attached hydrogens (tertiary/aromatic N) is 2. The summed E-state index contributed by atoms with van der Waals surface area (Å²) in [6.07, 6.45) is 2.97. The van der Waals surface area contributed by atoms with Gasteiger partial charge in [0.25, 0.3) is 0 Å². The predicted molar refractivity (Wildman–Crippen MR) is 71.6 cm³/mol. The van der Waals surface area contributed by atoms with E-state index in [1.165, 1.54) is 0 Å². The van der Waals surface area contributed by atoms with Crippen molar-refractivity contribution in [1.29, 1.82) is 0 Å². The van der Waals surface area contributed by atoms with Gasteiger partial charge in [-0.05, 0) is 19.3 Å². The summed E-state index contributed by atoms with van der Waals surface area (Å²) in [5.74, 6) is 0.957. The predicted octanol–water partition coefficient (Wildman–Crippen LogP) is 0.878. The molecule has 0 aliphatic carbocycles. The van der Waals surface area contributed by atoms with Gasteiger partial charge in [-0.3, -0.25) is 0 Å². The maximum Gasteiger partial charge on any atom is 0.244 e. The zero-order valence-electron chi connectivity index (χ0n) is 10.9.